The van der Waals surface area contributed by atoms with Gasteiger partial charge in [-0.1, -0.05) is 12.1 Å². The van der Waals surface area contributed by atoms with Gasteiger partial charge in [-0.15, -0.1) is 11.3 Å². The van der Waals surface area contributed by atoms with Crippen molar-refractivity contribution in [1.29, 1.82) is 0 Å². The highest BCUT2D eigenvalue weighted by atomic mass is 32.1. The first-order valence-electron chi connectivity index (χ1n) is 9.86. The number of rotatable bonds is 7. The Bertz CT molecular complexity index is 1240. The summed E-state index contributed by atoms with van der Waals surface area (Å²) >= 11 is 1.63. The number of aryl methyl sites for hydroxylation is 1. The van der Waals surface area contributed by atoms with Crippen molar-refractivity contribution < 1.29 is 18.6 Å². The SMILES string of the molecule is Cc1nc(CNCc2cc3cc4c(cc3nc2OCc2cccc(F)c2)OCO4)cs1. The van der Waals surface area contributed by atoms with Crippen LogP contribution in [0.3, 0.4) is 0 Å². The molecule has 0 saturated carbocycles. The number of nitrogens with zero attached hydrogens (tertiary/aromatic N) is 2. The van der Waals surface area contributed by atoms with E-state index in [-0.39, 0.29) is 19.2 Å². The third-order valence-electron chi connectivity index (χ3n) is 4.90. The average molecular weight is 437 g/mol. The van der Waals surface area contributed by atoms with E-state index in [0.29, 0.717) is 30.5 Å². The molecule has 4 aromatic rings. The Labute approximate surface area is 182 Å². The predicted molar refractivity (Wildman–Crippen MR) is 116 cm³/mol. The highest BCUT2D eigenvalue weighted by Gasteiger charge is 2.17. The summed E-state index contributed by atoms with van der Waals surface area (Å²) in [5.74, 6) is 1.58. The Balaban J connectivity index is 1.41. The molecule has 2 aromatic heterocycles. The second-order valence-corrected chi connectivity index (χ2v) is 8.29. The lowest BCUT2D eigenvalue weighted by Crippen LogP contribution is -2.14. The average Bonchev–Trinajstić information content (AvgIpc) is 3.38. The first-order chi connectivity index (χ1) is 15.1. The minimum Gasteiger partial charge on any atom is -0.473 e. The number of thiazole rings is 1. The molecule has 1 aliphatic heterocycles. The van der Waals surface area contributed by atoms with Gasteiger partial charge in [0.25, 0.3) is 0 Å². The molecule has 0 amide bonds. The molecule has 31 heavy (non-hydrogen) atoms. The van der Waals surface area contributed by atoms with Crippen LogP contribution in [0.25, 0.3) is 10.9 Å². The number of benzene rings is 2. The summed E-state index contributed by atoms with van der Waals surface area (Å²) < 4.78 is 30.5. The maximum Gasteiger partial charge on any atom is 0.231 e. The quantitative estimate of drug-likeness (QED) is 0.451. The molecule has 0 spiro atoms. The number of ether oxygens (including phenoxy) is 3. The second kappa shape index (κ2) is 8.49. The van der Waals surface area contributed by atoms with Gasteiger partial charge in [0.15, 0.2) is 11.5 Å². The minimum absolute atomic E-state index is 0.204. The molecule has 0 unspecified atom stereocenters. The zero-order valence-electron chi connectivity index (χ0n) is 16.9. The molecular weight excluding hydrogens is 417 g/mol. The summed E-state index contributed by atoms with van der Waals surface area (Å²) in [4.78, 5) is 9.20. The Kier molecular flexibility index (Phi) is 5.40. The van der Waals surface area contributed by atoms with Gasteiger partial charge in [-0.2, -0.15) is 0 Å². The number of hydrogen-bond acceptors (Lipinski definition) is 7. The third-order valence-corrected chi connectivity index (χ3v) is 5.72. The van der Waals surface area contributed by atoms with Crippen molar-refractivity contribution in [2.24, 2.45) is 0 Å². The van der Waals surface area contributed by atoms with Gasteiger partial charge in [-0.25, -0.2) is 14.4 Å². The molecule has 5 rings (SSSR count). The van der Waals surface area contributed by atoms with E-state index in [9.17, 15) is 4.39 Å². The lowest BCUT2D eigenvalue weighted by atomic mass is 10.1. The first-order valence-corrected chi connectivity index (χ1v) is 10.7. The van der Waals surface area contributed by atoms with Crippen LogP contribution in [0.4, 0.5) is 4.39 Å². The van der Waals surface area contributed by atoms with Crippen LogP contribution >= 0.6 is 11.3 Å². The predicted octanol–water partition coefficient (Wildman–Crippen LogP) is 4.74. The highest BCUT2D eigenvalue weighted by Crippen LogP contribution is 2.37. The van der Waals surface area contributed by atoms with Crippen LogP contribution in [0.2, 0.25) is 0 Å². The Hall–Kier alpha value is -3.23. The van der Waals surface area contributed by atoms with Gasteiger partial charge in [0.2, 0.25) is 12.7 Å². The molecular formula is C23H20FN3O3S. The normalized spacial score (nSPS) is 12.5. The van der Waals surface area contributed by atoms with Crippen molar-refractivity contribution in [2.75, 3.05) is 6.79 Å². The second-order valence-electron chi connectivity index (χ2n) is 7.23. The topological polar surface area (TPSA) is 65.5 Å². The molecule has 1 aliphatic rings. The molecule has 0 aliphatic carbocycles. The van der Waals surface area contributed by atoms with Crippen molar-refractivity contribution in [2.45, 2.75) is 26.6 Å². The van der Waals surface area contributed by atoms with Crippen molar-refractivity contribution in [3.8, 4) is 17.4 Å². The summed E-state index contributed by atoms with van der Waals surface area (Å²) in [6.45, 7) is 3.61. The molecule has 6 nitrogen and oxygen atoms in total. The van der Waals surface area contributed by atoms with Crippen LogP contribution in [0.1, 0.15) is 21.8 Å². The van der Waals surface area contributed by atoms with Gasteiger partial charge in [0.1, 0.15) is 12.4 Å². The van der Waals surface area contributed by atoms with Gasteiger partial charge in [-0.05, 0) is 36.8 Å². The number of nitrogens with one attached hydrogen (secondary N) is 1. The standard InChI is InChI=1S/C23H20FN3O3S/c1-14-26-19(12-31-14)10-25-9-17-6-16-7-21-22(30-13-29-21)8-20(16)27-23(17)28-11-15-3-2-4-18(24)5-15/h2-8,12,25H,9-11,13H2,1H3. The van der Waals surface area contributed by atoms with Crippen LogP contribution in [0, 0.1) is 12.7 Å². The number of halogens is 1. The molecule has 2 aromatic carbocycles. The van der Waals surface area contributed by atoms with E-state index >= 15 is 0 Å². The van der Waals surface area contributed by atoms with Crippen molar-refractivity contribution >= 4 is 22.2 Å². The molecule has 0 radical (unpaired) electrons. The summed E-state index contributed by atoms with van der Waals surface area (Å²) in [6, 6.07) is 12.2. The Morgan fingerprint density at radius 3 is 2.77 bits per heavy atom. The van der Waals surface area contributed by atoms with E-state index in [2.05, 4.69) is 10.3 Å². The van der Waals surface area contributed by atoms with Crippen LogP contribution in [0.5, 0.6) is 17.4 Å². The molecule has 0 fully saturated rings. The molecule has 0 bridgehead atoms. The lowest BCUT2D eigenvalue weighted by molar-refractivity contribution is 0.174. The van der Waals surface area contributed by atoms with Crippen molar-refractivity contribution in [1.82, 2.24) is 15.3 Å². The molecule has 0 atom stereocenters. The Morgan fingerprint density at radius 2 is 1.97 bits per heavy atom. The number of pyridine rings is 1. The smallest absolute Gasteiger partial charge is 0.231 e. The monoisotopic (exact) mass is 437 g/mol. The first kappa shape index (κ1) is 19.7. The van der Waals surface area contributed by atoms with Crippen LogP contribution in [0.15, 0.2) is 47.8 Å². The van der Waals surface area contributed by atoms with Crippen molar-refractivity contribution in [3.63, 3.8) is 0 Å². The van der Waals surface area contributed by atoms with Crippen LogP contribution < -0.4 is 19.5 Å². The molecule has 8 heteroatoms. The summed E-state index contributed by atoms with van der Waals surface area (Å²) in [5, 5.41) is 7.42. The number of fused-ring (bicyclic) bond motifs is 2. The fourth-order valence-electron chi connectivity index (χ4n) is 3.43. The van der Waals surface area contributed by atoms with Gasteiger partial charge >= 0.3 is 0 Å². The fraction of sp³-hybridized carbons (Fsp3) is 0.217. The Morgan fingerprint density at radius 1 is 1.10 bits per heavy atom. The zero-order chi connectivity index (χ0) is 21.2. The molecule has 0 saturated heterocycles. The van der Waals surface area contributed by atoms with Gasteiger partial charge < -0.3 is 19.5 Å². The summed E-state index contributed by atoms with van der Waals surface area (Å²) in [6.07, 6.45) is 0. The van der Waals surface area contributed by atoms with Gasteiger partial charge in [0, 0.05) is 35.5 Å². The van der Waals surface area contributed by atoms with E-state index in [4.69, 9.17) is 19.2 Å². The summed E-state index contributed by atoms with van der Waals surface area (Å²) in [7, 11) is 0. The largest absolute Gasteiger partial charge is 0.473 e. The van der Waals surface area contributed by atoms with Crippen LogP contribution in [-0.4, -0.2) is 16.8 Å². The molecule has 1 N–H and O–H groups in total. The highest BCUT2D eigenvalue weighted by molar-refractivity contribution is 7.09. The van der Waals surface area contributed by atoms with Gasteiger partial charge in [-0.3, -0.25) is 0 Å². The number of aromatic nitrogens is 2. The number of hydrogen-bond donors (Lipinski definition) is 1. The van der Waals surface area contributed by atoms with E-state index in [1.807, 2.05) is 36.6 Å². The van der Waals surface area contributed by atoms with Crippen LogP contribution in [-0.2, 0) is 19.7 Å². The molecule has 158 valence electrons. The van der Waals surface area contributed by atoms with Crippen molar-refractivity contribution in [3.05, 3.63) is 75.5 Å². The molecule has 3 heterocycles. The fourth-order valence-corrected chi connectivity index (χ4v) is 4.05. The minimum atomic E-state index is -0.291. The van der Waals surface area contributed by atoms with E-state index in [1.54, 1.807) is 17.4 Å². The van der Waals surface area contributed by atoms with E-state index in [0.717, 1.165) is 32.7 Å². The maximum atomic E-state index is 13.5. The van der Waals surface area contributed by atoms with E-state index < -0.39 is 0 Å². The third kappa shape index (κ3) is 4.45. The maximum absolute atomic E-state index is 13.5. The van der Waals surface area contributed by atoms with Gasteiger partial charge in [0.05, 0.1) is 16.2 Å². The van der Waals surface area contributed by atoms with E-state index in [1.165, 1.54) is 12.1 Å². The zero-order valence-corrected chi connectivity index (χ0v) is 17.7. The lowest BCUT2D eigenvalue weighted by Gasteiger charge is -2.13. The summed E-state index contributed by atoms with van der Waals surface area (Å²) in [5.41, 5.74) is 3.39.